The molecule has 0 aliphatic carbocycles. The molecular weight excluding hydrogens is 531 g/mol. The number of ether oxygens (including phenoxy) is 3. The Labute approximate surface area is 237 Å². The number of aromatic nitrogens is 1. The second-order valence-corrected chi connectivity index (χ2v) is 10.3. The normalized spacial score (nSPS) is 11.2. The Morgan fingerprint density at radius 1 is 1.00 bits per heavy atom. The van der Waals surface area contributed by atoms with Gasteiger partial charge in [-0.3, -0.25) is 14.6 Å². The van der Waals surface area contributed by atoms with E-state index in [1.807, 2.05) is 32.9 Å². The van der Waals surface area contributed by atoms with Crippen LogP contribution in [0.5, 0.6) is 11.5 Å². The molecule has 0 atom stereocenters. The van der Waals surface area contributed by atoms with E-state index >= 15 is 0 Å². The molecule has 40 heavy (non-hydrogen) atoms. The van der Waals surface area contributed by atoms with Gasteiger partial charge in [-0.15, -0.1) is 11.3 Å². The van der Waals surface area contributed by atoms with Crippen LogP contribution in [0.3, 0.4) is 0 Å². The van der Waals surface area contributed by atoms with Crippen molar-refractivity contribution < 1.29 is 28.2 Å². The Balaban J connectivity index is 1.36. The van der Waals surface area contributed by atoms with Crippen LogP contribution in [0.25, 0.3) is 10.2 Å². The summed E-state index contributed by atoms with van der Waals surface area (Å²) in [4.78, 5) is 30.2. The van der Waals surface area contributed by atoms with E-state index < -0.39 is 0 Å². The van der Waals surface area contributed by atoms with Crippen molar-refractivity contribution in [2.24, 2.45) is 0 Å². The maximum atomic E-state index is 14.0. The largest absolute Gasteiger partial charge is 0.456 e. The van der Waals surface area contributed by atoms with Gasteiger partial charge in [-0.25, -0.2) is 4.39 Å². The van der Waals surface area contributed by atoms with Crippen molar-refractivity contribution in [1.82, 2.24) is 10.3 Å². The van der Waals surface area contributed by atoms with Gasteiger partial charge in [0.1, 0.15) is 23.1 Å². The molecule has 210 valence electrons. The number of nitrogens with zero attached hydrogens (tertiary/aromatic N) is 1. The number of amides is 1. The van der Waals surface area contributed by atoms with E-state index in [4.69, 9.17) is 14.2 Å². The topological polar surface area (TPSA) is 86.8 Å². The first kappa shape index (κ1) is 29.3. The number of hydrogen-bond donors (Lipinski definition) is 1. The number of Topliss-reactive ketones (excluding diaryl/α,β-unsaturated/α-hetero) is 1. The molecule has 1 amide bonds. The molecule has 0 saturated carbocycles. The SMILES string of the molecule is CCOC(CCNC(=O)c1cc2nccc(Oc3ccc(CC(=O)Cc4cc(C)ccc4F)cc3)c2s1)OCC. The lowest BCUT2D eigenvalue weighted by Gasteiger charge is -2.16. The number of benzene rings is 2. The third-order valence-electron chi connectivity index (χ3n) is 6.11. The van der Waals surface area contributed by atoms with Crippen LogP contribution < -0.4 is 10.1 Å². The van der Waals surface area contributed by atoms with Gasteiger partial charge in [0.15, 0.2) is 6.29 Å². The van der Waals surface area contributed by atoms with Crippen molar-refractivity contribution in [2.75, 3.05) is 19.8 Å². The van der Waals surface area contributed by atoms with Crippen molar-refractivity contribution in [3.63, 3.8) is 0 Å². The van der Waals surface area contributed by atoms with E-state index in [1.54, 1.807) is 42.6 Å². The Bertz CT molecular complexity index is 1450. The molecule has 2 heterocycles. The van der Waals surface area contributed by atoms with Gasteiger partial charge in [0, 0.05) is 51.3 Å². The maximum Gasteiger partial charge on any atom is 0.261 e. The molecule has 0 aliphatic heterocycles. The summed E-state index contributed by atoms with van der Waals surface area (Å²) in [5, 5.41) is 2.91. The molecule has 2 aromatic heterocycles. The summed E-state index contributed by atoms with van der Waals surface area (Å²) in [5.74, 6) is 0.550. The highest BCUT2D eigenvalue weighted by Gasteiger charge is 2.16. The van der Waals surface area contributed by atoms with Crippen LogP contribution in [0.2, 0.25) is 0 Å². The lowest BCUT2D eigenvalue weighted by Crippen LogP contribution is -2.28. The molecule has 0 saturated heterocycles. The number of carbonyl (C=O) groups excluding carboxylic acids is 2. The van der Waals surface area contributed by atoms with Gasteiger partial charge >= 0.3 is 0 Å². The highest BCUT2D eigenvalue weighted by molar-refractivity contribution is 7.21. The van der Waals surface area contributed by atoms with E-state index in [0.717, 1.165) is 15.8 Å². The van der Waals surface area contributed by atoms with E-state index in [-0.39, 0.29) is 36.6 Å². The number of rotatable bonds is 14. The highest BCUT2D eigenvalue weighted by Crippen LogP contribution is 2.35. The Morgan fingerprint density at radius 3 is 2.48 bits per heavy atom. The van der Waals surface area contributed by atoms with Gasteiger partial charge in [0.05, 0.1) is 15.1 Å². The maximum absolute atomic E-state index is 14.0. The van der Waals surface area contributed by atoms with Crippen LogP contribution in [0, 0.1) is 12.7 Å². The Kier molecular flexibility index (Phi) is 10.3. The van der Waals surface area contributed by atoms with E-state index in [1.165, 1.54) is 17.4 Å². The quantitative estimate of drug-likeness (QED) is 0.178. The fourth-order valence-electron chi connectivity index (χ4n) is 4.23. The molecule has 7 nitrogen and oxygen atoms in total. The Morgan fingerprint density at radius 2 is 1.75 bits per heavy atom. The highest BCUT2D eigenvalue weighted by atomic mass is 32.1. The molecule has 9 heteroatoms. The number of ketones is 1. The van der Waals surface area contributed by atoms with Crippen LogP contribution in [-0.2, 0) is 27.1 Å². The number of thiophene rings is 1. The van der Waals surface area contributed by atoms with Crippen LogP contribution in [-0.4, -0.2) is 42.7 Å². The van der Waals surface area contributed by atoms with Gasteiger partial charge in [-0.2, -0.15) is 0 Å². The number of aryl methyl sites for hydroxylation is 1. The molecule has 4 rings (SSSR count). The van der Waals surface area contributed by atoms with Gasteiger partial charge in [-0.05, 0) is 56.2 Å². The first-order valence-electron chi connectivity index (χ1n) is 13.3. The number of hydrogen-bond acceptors (Lipinski definition) is 7. The van der Waals surface area contributed by atoms with Crippen LogP contribution in [0.4, 0.5) is 4.39 Å². The third-order valence-corrected chi connectivity index (χ3v) is 7.25. The van der Waals surface area contributed by atoms with Gasteiger partial charge in [-0.1, -0.05) is 29.8 Å². The van der Waals surface area contributed by atoms with E-state index in [9.17, 15) is 14.0 Å². The average Bonchev–Trinajstić information content (AvgIpc) is 3.38. The predicted molar refractivity (Wildman–Crippen MR) is 154 cm³/mol. The second-order valence-electron chi connectivity index (χ2n) is 9.25. The summed E-state index contributed by atoms with van der Waals surface area (Å²) >= 11 is 1.31. The zero-order chi connectivity index (χ0) is 28.5. The number of pyridine rings is 1. The fraction of sp³-hybridized carbons (Fsp3) is 0.323. The molecule has 0 radical (unpaired) electrons. The lowest BCUT2D eigenvalue weighted by atomic mass is 10.0. The van der Waals surface area contributed by atoms with Gasteiger partial charge in [0.25, 0.3) is 5.91 Å². The van der Waals surface area contributed by atoms with Crippen LogP contribution >= 0.6 is 11.3 Å². The first-order valence-corrected chi connectivity index (χ1v) is 14.1. The zero-order valence-corrected chi connectivity index (χ0v) is 23.7. The smallest absolute Gasteiger partial charge is 0.261 e. The minimum Gasteiger partial charge on any atom is -0.456 e. The number of fused-ring (bicyclic) bond motifs is 1. The molecule has 2 aromatic carbocycles. The summed E-state index contributed by atoms with van der Waals surface area (Å²) in [6.07, 6.45) is 2.09. The third kappa shape index (κ3) is 7.94. The number of halogens is 1. The molecular formula is C31H33FN2O5S. The summed E-state index contributed by atoms with van der Waals surface area (Å²) in [5.41, 5.74) is 2.81. The van der Waals surface area contributed by atoms with Crippen molar-refractivity contribution in [3.05, 3.63) is 88.2 Å². The standard InChI is InChI=1S/C31H33FN2O5S/c1-4-37-29(38-5-2)13-15-34-31(36)28-19-26-30(40-28)27(12-14-33-26)39-24-9-7-21(8-10-24)17-23(35)18-22-16-20(3)6-11-25(22)32/h6-12,14,16,19,29H,4-5,13,15,17-18H2,1-3H3,(H,34,36). The second kappa shape index (κ2) is 14.1. The molecule has 0 spiro atoms. The number of nitrogens with one attached hydrogen (secondary N) is 1. The predicted octanol–water partition coefficient (Wildman–Crippen LogP) is 6.41. The minimum absolute atomic E-state index is 0.0503. The molecule has 0 unspecified atom stereocenters. The van der Waals surface area contributed by atoms with Crippen LogP contribution in [0.1, 0.15) is 46.6 Å². The lowest BCUT2D eigenvalue weighted by molar-refractivity contribution is -0.138. The molecule has 0 bridgehead atoms. The summed E-state index contributed by atoms with van der Waals surface area (Å²) in [6.45, 7) is 7.18. The van der Waals surface area contributed by atoms with E-state index in [0.29, 0.717) is 53.6 Å². The molecule has 0 fully saturated rings. The first-order chi connectivity index (χ1) is 19.4. The number of carbonyl (C=O) groups is 2. The summed E-state index contributed by atoms with van der Waals surface area (Å²) < 4.78 is 31.9. The minimum atomic E-state index is -0.364. The van der Waals surface area contributed by atoms with Crippen LogP contribution in [0.15, 0.2) is 60.8 Å². The summed E-state index contributed by atoms with van der Waals surface area (Å²) in [6, 6.07) is 15.5. The monoisotopic (exact) mass is 564 g/mol. The van der Waals surface area contributed by atoms with Crippen molar-refractivity contribution >= 4 is 33.2 Å². The fourth-order valence-corrected chi connectivity index (χ4v) is 5.21. The Hall–Kier alpha value is -3.66. The van der Waals surface area contributed by atoms with Crippen molar-refractivity contribution in [3.8, 4) is 11.5 Å². The molecule has 0 aliphatic rings. The van der Waals surface area contributed by atoms with Crippen molar-refractivity contribution in [1.29, 1.82) is 0 Å². The molecule has 4 aromatic rings. The van der Waals surface area contributed by atoms with Gasteiger partial charge in [0.2, 0.25) is 0 Å². The van der Waals surface area contributed by atoms with Gasteiger partial charge < -0.3 is 19.5 Å². The summed E-state index contributed by atoms with van der Waals surface area (Å²) in [7, 11) is 0. The van der Waals surface area contributed by atoms with E-state index in [2.05, 4.69) is 10.3 Å². The zero-order valence-electron chi connectivity index (χ0n) is 22.9. The molecule has 1 N–H and O–H groups in total. The average molecular weight is 565 g/mol. The van der Waals surface area contributed by atoms with Crippen molar-refractivity contribution in [2.45, 2.75) is 46.3 Å².